The highest BCUT2D eigenvalue weighted by molar-refractivity contribution is 7.86. The average Bonchev–Trinajstić information content (AvgIpc) is 2.44. The molecule has 1 aliphatic heterocycles. The zero-order valence-electron chi connectivity index (χ0n) is 9.28. The third-order valence-corrected chi connectivity index (χ3v) is 3.41. The van der Waals surface area contributed by atoms with Crippen molar-refractivity contribution in [2.45, 2.75) is 13.3 Å². The smallest absolute Gasteiger partial charge is 0.302 e. The quantitative estimate of drug-likeness (QED) is 0.522. The highest BCUT2D eigenvalue weighted by Crippen LogP contribution is 2.19. The van der Waals surface area contributed by atoms with Gasteiger partial charge >= 0.3 is 10.2 Å². The van der Waals surface area contributed by atoms with Crippen molar-refractivity contribution in [3.05, 3.63) is 0 Å². The minimum Gasteiger partial charge on any atom is -0.341 e. The van der Waals surface area contributed by atoms with Gasteiger partial charge in [0.05, 0.1) is 5.75 Å². The second kappa shape index (κ2) is 5.58. The fourth-order valence-electron chi connectivity index (χ4n) is 1.85. The normalized spacial score (nSPS) is 21.8. The van der Waals surface area contributed by atoms with E-state index in [1.165, 1.54) is 0 Å². The van der Waals surface area contributed by atoms with Crippen LogP contribution in [0, 0.1) is 5.92 Å². The van der Waals surface area contributed by atoms with Crippen LogP contribution in [-0.2, 0) is 15.0 Å². The standard InChI is InChI=1S/C9H17FN2O3S/c1-2-11-3-4-12-6-8(5-9(12)13)7-16(10,14)15/h8,11H,2-7H2,1H3. The van der Waals surface area contributed by atoms with E-state index >= 15 is 0 Å². The van der Waals surface area contributed by atoms with Gasteiger partial charge in [0.2, 0.25) is 5.91 Å². The molecule has 0 aliphatic carbocycles. The van der Waals surface area contributed by atoms with Crippen molar-refractivity contribution in [2.75, 3.05) is 31.9 Å². The van der Waals surface area contributed by atoms with Crippen molar-refractivity contribution >= 4 is 16.1 Å². The summed E-state index contributed by atoms with van der Waals surface area (Å²) in [5, 5.41) is 3.07. The van der Waals surface area contributed by atoms with Gasteiger partial charge in [0, 0.05) is 32.0 Å². The van der Waals surface area contributed by atoms with E-state index < -0.39 is 21.9 Å². The average molecular weight is 252 g/mol. The Labute approximate surface area is 95.2 Å². The molecule has 1 saturated heterocycles. The number of halogens is 1. The van der Waals surface area contributed by atoms with Crippen molar-refractivity contribution in [3.63, 3.8) is 0 Å². The first-order valence-corrected chi connectivity index (χ1v) is 6.88. The van der Waals surface area contributed by atoms with Gasteiger partial charge in [-0.15, -0.1) is 3.89 Å². The van der Waals surface area contributed by atoms with E-state index in [4.69, 9.17) is 0 Å². The first-order valence-electron chi connectivity index (χ1n) is 5.33. The molecule has 5 nitrogen and oxygen atoms in total. The molecular formula is C9H17FN2O3S. The van der Waals surface area contributed by atoms with Gasteiger partial charge in [0.15, 0.2) is 0 Å². The van der Waals surface area contributed by atoms with Crippen LogP contribution in [0.25, 0.3) is 0 Å². The Bertz CT molecular complexity index is 345. The van der Waals surface area contributed by atoms with Crippen molar-refractivity contribution in [3.8, 4) is 0 Å². The molecule has 16 heavy (non-hydrogen) atoms. The van der Waals surface area contributed by atoms with E-state index in [0.717, 1.165) is 6.54 Å². The van der Waals surface area contributed by atoms with Crippen LogP contribution in [-0.4, -0.2) is 51.2 Å². The molecular weight excluding hydrogens is 235 g/mol. The molecule has 1 aliphatic rings. The number of amides is 1. The Hall–Kier alpha value is -0.690. The Morgan fingerprint density at radius 1 is 1.56 bits per heavy atom. The molecule has 1 rings (SSSR count). The Kier molecular flexibility index (Phi) is 4.67. The van der Waals surface area contributed by atoms with Gasteiger partial charge in [0.25, 0.3) is 0 Å². The number of carbonyl (C=O) groups is 1. The van der Waals surface area contributed by atoms with Gasteiger partial charge in [-0.2, -0.15) is 8.42 Å². The molecule has 0 aromatic carbocycles. The number of hydrogen-bond acceptors (Lipinski definition) is 4. The maximum absolute atomic E-state index is 12.4. The lowest BCUT2D eigenvalue weighted by Crippen LogP contribution is -2.33. The molecule has 94 valence electrons. The number of nitrogens with zero attached hydrogens (tertiary/aromatic N) is 1. The summed E-state index contributed by atoms with van der Waals surface area (Å²) in [5.74, 6) is -1.04. The summed E-state index contributed by atoms with van der Waals surface area (Å²) in [6, 6.07) is 0. The van der Waals surface area contributed by atoms with Crippen LogP contribution >= 0.6 is 0 Å². The SMILES string of the molecule is CCNCCN1CC(CS(=O)(=O)F)CC1=O. The number of carbonyl (C=O) groups excluding carboxylic acids is 1. The molecule has 1 N–H and O–H groups in total. The van der Waals surface area contributed by atoms with Crippen LogP contribution < -0.4 is 5.32 Å². The molecule has 1 atom stereocenters. The largest absolute Gasteiger partial charge is 0.341 e. The Balaban J connectivity index is 2.38. The molecule has 0 radical (unpaired) electrons. The minimum atomic E-state index is -4.47. The van der Waals surface area contributed by atoms with Crippen LogP contribution in [0.3, 0.4) is 0 Å². The van der Waals surface area contributed by atoms with Gasteiger partial charge < -0.3 is 10.2 Å². The fraction of sp³-hybridized carbons (Fsp3) is 0.889. The Morgan fingerprint density at radius 3 is 2.81 bits per heavy atom. The third-order valence-electron chi connectivity index (χ3n) is 2.54. The molecule has 1 amide bonds. The lowest BCUT2D eigenvalue weighted by molar-refractivity contribution is -0.127. The van der Waals surface area contributed by atoms with Crippen molar-refractivity contribution in [2.24, 2.45) is 5.92 Å². The molecule has 7 heteroatoms. The topological polar surface area (TPSA) is 66.5 Å². The molecule has 1 heterocycles. The second-order valence-corrected chi connectivity index (χ2v) is 5.38. The van der Waals surface area contributed by atoms with Gasteiger partial charge in [0.1, 0.15) is 0 Å². The summed E-state index contributed by atoms with van der Waals surface area (Å²) in [7, 11) is -4.47. The number of nitrogens with one attached hydrogen (secondary N) is 1. The number of hydrogen-bond donors (Lipinski definition) is 1. The lowest BCUT2D eigenvalue weighted by atomic mass is 10.1. The monoisotopic (exact) mass is 252 g/mol. The van der Waals surface area contributed by atoms with Gasteiger partial charge in [-0.05, 0) is 6.54 Å². The summed E-state index contributed by atoms with van der Waals surface area (Å²) in [6.07, 6.45) is 0.134. The highest BCUT2D eigenvalue weighted by atomic mass is 32.3. The lowest BCUT2D eigenvalue weighted by Gasteiger charge is -2.16. The van der Waals surface area contributed by atoms with E-state index in [-0.39, 0.29) is 12.3 Å². The van der Waals surface area contributed by atoms with Crippen LogP contribution in [0.1, 0.15) is 13.3 Å². The van der Waals surface area contributed by atoms with Crippen LogP contribution in [0.15, 0.2) is 0 Å². The molecule has 1 unspecified atom stereocenters. The maximum Gasteiger partial charge on any atom is 0.302 e. The first kappa shape index (κ1) is 13.4. The van der Waals surface area contributed by atoms with Crippen molar-refractivity contribution in [1.82, 2.24) is 10.2 Å². The summed E-state index contributed by atoms with van der Waals surface area (Å²) >= 11 is 0. The minimum absolute atomic E-state index is 0.0912. The third kappa shape index (κ3) is 4.44. The number of likely N-dealkylation sites (N-methyl/N-ethyl adjacent to an activating group) is 1. The highest BCUT2D eigenvalue weighted by Gasteiger charge is 2.32. The van der Waals surface area contributed by atoms with Crippen molar-refractivity contribution in [1.29, 1.82) is 0 Å². The predicted molar refractivity (Wildman–Crippen MR) is 58.1 cm³/mol. The molecule has 0 aromatic heterocycles. The molecule has 0 saturated carbocycles. The zero-order chi connectivity index (χ0) is 12.2. The van der Waals surface area contributed by atoms with E-state index in [9.17, 15) is 17.1 Å². The van der Waals surface area contributed by atoms with Gasteiger partial charge in [-0.25, -0.2) is 0 Å². The molecule has 0 bridgehead atoms. The molecule has 0 spiro atoms. The van der Waals surface area contributed by atoms with Gasteiger partial charge in [-0.1, -0.05) is 6.92 Å². The summed E-state index contributed by atoms with van der Waals surface area (Å²) in [4.78, 5) is 13.0. The second-order valence-electron chi connectivity index (χ2n) is 3.97. The molecule has 1 fully saturated rings. The summed E-state index contributed by atoms with van der Waals surface area (Å²) in [6.45, 7) is 4.36. The van der Waals surface area contributed by atoms with E-state index in [1.54, 1.807) is 4.90 Å². The Morgan fingerprint density at radius 2 is 2.25 bits per heavy atom. The van der Waals surface area contributed by atoms with Crippen molar-refractivity contribution < 1.29 is 17.1 Å². The summed E-state index contributed by atoms with van der Waals surface area (Å²) in [5.41, 5.74) is 0. The first-order chi connectivity index (χ1) is 7.42. The van der Waals surface area contributed by atoms with Crippen LogP contribution in [0.2, 0.25) is 0 Å². The fourth-order valence-corrected chi connectivity index (χ4v) is 2.64. The maximum atomic E-state index is 12.4. The number of rotatable bonds is 6. The zero-order valence-corrected chi connectivity index (χ0v) is 10.1. The van der Waals surface area contributed by atoms with E-state index in [1.807, 2.05) is 6.92 Å². The summed E-state index contributed by atoms with van der Waals surface area (Å²) < 4.78 is 33.3. The van der Waals surface area contributed by atoms with Crippen LogP contribution in [0.4, 0.5) is 3.89 Å². The van der Waals surface area contributed by atoms with E-state index in [0.29, 0.717) is 19.6 Å². The molecule has 0 aromatic rings. The van der Waals surface area contributed by atoms with Crippen LogP contribution in [0.5, 0.6) is 0 Å². The van der Waals surface area contributed by atoms with Gasteiger partial charge in [-0.3, -0.25) is 4.79 Å². The predicted octanol–water partition coefficient (Wildman–Crippen LogP) is -0.256. The van der Waals surface area contributed by atoms with E-state index in [2.05, 4.69) is 5.32 Å². The number of likely N-dealkylation sites (tertiary alicyclic amines) is 1.